The molecule has 0 amide bonds. The van der Waals surface area contributed by atoms with Gasteiger partial charge in [-0.25, -0.2) is 14.4 Å². The van der Waals surface area contributed by atoms with Crippen LogP contribution in [0.1, 0.15) is 41.5 Å². The van der Waals surface area contributed by atoms with Crippen molar-refractivity contribution in [3.8, 4) is 0 Å². The van der Waals surface area contributed by atoms with Gasteiger partial charge in [0.05, 0.1) is 0 Å². The second-order valence-electron chi connectivity index (χ2n) is 5.72. The van der Waals surface area contributed by atoms with Crippen LogP contribution in [0.15, 0.2) is 24.3 Å². The molecule has 0 aliphatic rings. The highest BCUT2D eigenvalue weighted by Gasteiger charge is 2.33. The predicted octanol–water partition coefficient (Wildman–Crippen LogP) is 2.71. The van der Waals surface area contributed by atoms with E-state index in [1.54, 1.807) is 0 Å². The van der Waals surface area contributed by atoms with Crippen molar-refractivity contribution >= 4 is 18.1 Å². The molecule has 24 heavy (non-hydrogen) atoms. The minimum Gasteiger partial charge on any atom is -0.398 e. The molecule has 136 valence electrons. The molecule has 0 heterocycles. The Bertz CT molecular complexity index is 485. The number of ether oxygens (including phenoxy) is 2. The van der Waals surface area contributed by atoms with Crippen molar-refractivity contribution in [2.24, 2.45) is 0 Å². The highest BCUT2D eigenvalue weighted by molar-refractivity contribution is 5.86. The molecule has 0 spiro atoms. The molecule has 0 bridgehead atoms. The summed E-state index contributed by atoms with van der Waals surface area (Å²) in [7, 11) is 0. The minimum atomic E-state index is -1.65. The first-order valence-electron chi connectivity index (χ1n) is 6.79. The molecule has 0 saturated carbocycles. The van der Waals surface area contributed by atoms with Crippen LogP contribution in [-0.4, -0.2) is 29.7 Å². The number of carbonyl (C=O) groups excluding carboxylic acids is 3. The minimum absolute atomic E-state index is 0.0993. The first-order valence-corrected chi connectivity index (χ1v) is 6.79. The van der Waals surface area contributed by atoms with Gasteiger partial charge in [0, 0.05) is 38.8 Å². The molecule has 0 radical (unpaired) electrons. The number of hydrogen-bond acceptors (Lipinski definition) is 9. The van der Waals surface area contributed by atoms with Gasteiger partial charge in [0.25, 0.3) is 11.6 Å². The van der Waals surface area contributed by atoms with Gasteiger partial charge in [-0.1, -0.05) is 13.2 Å². The summed E-state index contributed by atoms with van der Waals surface area (Å²) in [6.45, 7) is 14.8. The van der Waals surface area contributed by atoms with Gasteiger partial charge in [-0.2, -0.15) is 0 Å². The maximum absolute atomic E-state index is 11.7. The molecule has 0 atom stereocenters. The van der Waals surface area contributed by atoms with E-state index in [1.807, 2.05) is 0 Å². The molecule has 0 rings (SSSR count). The van der Waals surface area contributed by atoms with Crippen LogP contribution >= 0.6 is 0 Å². The van der Waals surface area contributed by atoms with E-state index < -0.39 is 29.7 Å². The van der Waals surface area contributed by atoms with Crippen molar-refractivity contribution in [1.29, 1.82) is 0 Å². The molecule has 0 aromatic carbocycles. The molecule has 0 fully saturated rings. The maximum atomic E-state index is 11.7. The van der Waals surface area contributed by atoms with E-state index >= 15 is 0 Å². The van der Waals surface area contributed by atoms with E-state index in [2.05, 4.69) is 22.9 Å². The number of hydrogen-bond donors (Lipinski definition) is 0. The second kappa shape index (κ2) is 8.46. The third kappa shape index (κ3) is 8.91. The van der Waals surface area contributed by atoms with Gasteiger partial charge in [-0.05, 0) is 13.8 Å². The highest BCUT2D eigenvalue weighted by Crippen LogP contribution is 2.18. The Balaban J connectivity index is 4.48. The molecule has 9 nitrogen and oxygen atoms in total. The summed E-state index contributed by atoms with van der Waals surface area (Å²) in [4.78, 5) is 52.4. The summed E-state index contributed by atoms with van der Waals surface area (Å²) in [6, 6.07) is 0. The molecule has 9 heteroatoms. The second-order valence-corrected chi connectivity index (χ2v) is 5.72. The van der Waals surface area contributed by atoms with E-state index in [4.69, 9.17) is 19.2 Å². The number of rotatable bonds is 8. The zero-order chi connectivity index (χ0) is 19.1. The number of carbonyl (C=O) groups is 3. The lowest BCUT2D eigenvalue weighted by atomic mass is 10.4. The molecule has 0 aromatic heterocycles. The Labute approximate surface area is 139 Å². The van der Waals surface area contributed by atoms with Crippen LogP contribution in [0.25, 0.3) is 0 Å². The van der Waals surface area contributed by atoms with Gasteiger partial charge >= 0.3 is 18.1 Å². The lowest BCUT2D eigenvalue weighted by molar-refractivity contribution is -0.397. The molecule has 0 aromatic rings. The quantitative estimate of drug-likeness (QED) is 0.215. The monoisotopic (exact) mass is 346 g/mol. The third-order valence-electron chi connectivity index (χ3n) is 1.99. The standard InChI is InChI=1S/C15H22O9/c1-9(2)11(16)21-23-14(5,6)19-13(18)20-15(7,8)24-22-12(17)10(3)4/h1,3H2,2,4-8H3. The lowest BCUT2D eigenvalue weighted by Gasteiger charge is -2.26. The maximum Gasteiger partial charge on any atom is 0.513 e. The van der Waals surface area contributed by atoms with Crippen molar-refractivity contribution in [3.63, 3.8) is 0 Å². The molecular weight excluding hydrogens is 324 g/mol. The van der Waals surface area contributed by atoms with Crippen molar-refractivity contribution in [2.75, 3.05) is 0 Å². The SMILES string of the molecule is C=C(C)C(=O)OOC(C)(C)OC(=O)OC(C)(C)OOC(=O)C(=C)C. The molecule has 0 aliphatic carbocycles. The van der Waals surface area contributed by atoms with Crippen molar-refractivity contribution in [2.45, 2.75) is 53.1 Å². The van der Waals surface area contributed by atoms with E-state index in [0.717, 1.165) is 0 Å². The van der Waals surface area contributed by atoms with Crippen LogP contribution in [0.2, 0.25) is 0 Å². The lowest BCUT2D eigenvalue weighted by Crippen LogP contribution is -2.38. The largest absolute Gasteiger partial charge is 0.513 e. The van der Waals surface area contributed by atoms with E-state index in [1.165, 1.54) is 41.5 Å². The highest BCUT2D eigenvalue weighted by atomic mass is 17.3. The van der Waals surface area contributed by atoms with Crippen LogP contribution in [-0.2, 0) is 38.6 Å². The Morgan fingerprint density at radius 3 is 1.25 bits per heavy atom. The summed E-state index contributed by atoms with van der Waals surface area (Å²) >= 11 is 0. The fourth-order valence-electron chi connectivity index (χ4n) is 0.875. The smallest absolute Gasteiger partial charge is 0.398 e. The summed E-state index contributed by atoms with van der Waals surface area (Å²) in [5.41, 5.74) is 0.199. The zero-order valence-electron chi connectivity index (χ0n) is 14.6. The zero-order valence-corrected chi connectivity index (χ0v) is 14.6. The van der Waals surface area contributed by atoms with Crippen LogP contribution in [0.3, 0.4) is 0 Å². The van der Waals surface area contributed by atoms with E-state index in [9.17, 15) is 14.4 Å². The Hall–Kier alpha value is -2.39. The average Bonchev–Trinajstić information content (AvgIpc) is 2.40. The Morgan fingerprint density at radius 2 is 1.00 bits per heavy atom. The van der Waals surface area contributed by atoms with Gasteiger partial charge in [0.2, 0.25) is 0 Å². The van der Waals surface area contributed by atoms with Crippen molar-refractivity contribution in [3.05, 3.63) is 24.3 Å². The summed E-state index contributed by atoms with van der Waals surface area (Å²) in [5.74, 6) is -4.94. The summed E-state index contributed by atoms with van der Waals surface area (Å²) < 4.78 is 9.66. The fourth-order valence-corrected chi connectivity index (χ4v) is 0.875. The normalized spacial score (nSPS) is 11.2. The Morgan fingerprint density at radius 1 is 0.708 bits per heavy atom. The van der Waals surface area contributed by atoms with Crippen LogP contribution in [0.5, 0.6) is 0 Å². The fraction of sp³-hybridized carbons (Fsp3) is 0.533. The van der Waals surface area contributed by atoms with E-state index in [0.29, 0.717) is 0 Å². The third-order valence-corrected chi connectivity index (χ3v) is 1.99. The van der Waals surface area contributed by atoms with Crippen LogP contribution < -0.4 is 0 Å². The van der Waals surface area contributed by atoms with Gasteiger partial charge in [-0.15, -0.1) is 9.78 Å². The Kier molecular flexibility index (Phi) is 7.62. The molecule has 0 unspecified atom stereocenters. The van der Waals surface area contributed by atoms with Crippen molar-refractivity contribution in [1.82, 2.24) is 0 Å². The van der Waals surface area contributed by atoms with Gasteiger partial charge in [-0.3, -0.25) is 9.78 Å². The molecule has 0 aliphatic heterocycles. The topological polar surface area (TPSA) is 107 Å². The first kappa shape index (κ1) is 21.6. The predicted molar refractivity (Wildman–Crippen MR) is 79.7 cm³/mol. The van der Waals surface area contributed by atoms with Gasteiger partial charge in [0.1, 0.15) is 0 Å². The van der Waals surface area contributed by atoms with E-state index in [-0.39, 0.29) is 11.1 Å². The van der Waals surface area contributed by atoms with Crippen LogP contribution in [0, 0.1) is 0 Å². The van der Waals surface area contributed by atoms with Gasteiger partial charge in [0.15, 0.2) is 0 Å². The molecule has 0 saturated heterocycles. The average molecular weight is 346 g/mol. The van der Waals surface area contributed by atoms with Crippen LogP contribution in [0.4, 0.5) is 4.79 Å². The van der Waals surface area contributed by atoms with Gasteiger partial charge < -0.3 is 9.47 Å². The molecule has 0 N–H and O–H groups in total. The first-order chi connectivity index (χ1) is 10.8. The summed E-state index contributed by atoms with van der Waals surface area (Å²) in [6.07, 6.45) is -1.22. The summed E-state index contributed by atoms with van der Waals surface area (Å²) in [5, 5.41) is 0. The molecular formula is C15H22O9. The van der Waals surface area contributed by atoms with Crippen molar-refractivity contribution < 1.29 is 43.4 Å².